The van der Waals surface area contributed by atoms with Crippen LogP contribution in [0.1, 0.15) is 25.6 Å². The minimum absolute atomic E-state index is 0.328. The van der Waals surface area contributed by atoms with Crippen LogP contribution < -0.4 is 0 Å². The van der Waals surface area contributed by atoms with Gasteiger partial charge in [0.05, 0.1) is 11.2 Å². The molecule has 0 N–H and O–H groups in total. The maximum Gasteiger partial charge on any atom is 0.0712 e. The van der Waals surface area contributed by atoms with Crippen LogP contribution in [0.3, 0.4) is 0 Å². The predicted octanol–water partition coefficient (Wildman–Crippen LogP) is 2.51. The normalized spacial score (nSPS) is 15.1. The predicted molar refractivity (Wildman–Crippen MR) is 79.9 cm³/mol. The molecule has 0 bridgehead atoms. The summed E-state index contributed by atoms with van der Waals surface area (Å²) in [6.45, 7) is 4.24. The first kappa shape index (κ1) is 13.1. The zero-order valence-corrected chi connectivity index (χ0v) is 12.0. The van der Waals surface area contributed by atoms with E-state index in [1.54, 1.807) is 6.26 Å². The number of para-hydroxylation sites is 1. The monoisotopic (exact) mass is 264 g/mol. The molecule has 0 aliphatic heterocycles. The second kappa shape index (κ2) is 4.76. The van der Waals surface area contributed by atoms with E-state index in [0.717, 1.165) is 23.0 Å². The Balaban J connectivity index is 2.45. The molecule has 0 amide bonds. The minimum atomic E-state index is -1.95. The lowest BCUT2D eigenvalue weighted by atomic mass is 10.2. The van der Waals surface area contributed by atoms with Gasteiger partial charge in [0.1, 0.15) is 0 Å². The second-order valence-corrected chi connectivity index (χ2v) is 7.92. The number of aryl methyl sites for hydroxylation is 1. The average molecular weight is 264 g/mol. The molecule has 0 aliphatic rings. The molecule has 1 heterocycles. The van der Waals surface area contributed by atoms with Crippen LogP contribution in [-0.2, 0) is 15.9 Å². The largest absolute Gasteiger partial charge is 0.268 e. The van der Waals surface area contributed by atoms with E-state index < -0.39 is 9.52 Å². The molecule has 0 spiro atoms. The lowest BCUT2D eigenvalue weighted by molar-refractivity contribution is 0.544. The molecule has 2 aromatic rings. The number of aromatic nitrogens is 2. The van der Waals surface area contributed by atoms with Crippen LogP contribution in [0.15, 0.2) is 24.3 Å². The fourth-order valence-corrected chi connectivity index (χ4v) is 2.67. The van der Waals surface area contributed by atoms with Crippen molar-refractivity contribution >= 4 is 26.3 Å². The maximum atomic E-state index is 11.7. The highest BCUT2D eigenvalue weighted by Gasteiger charge is 2.12. The van der Waals surface area contributed by atoms with Gasteiger partial charge in [-0.3, -0.25) is 8.89 Å². The van der Waals surface area contributed by atoms with Crippen LogP contribution in [0.25, 0.3) is 10.9 Å². The summed E-state index contributed by atoms with van der Waals surface area (Å²) in [5, 5.41) is 5.82. The molecule has 1 aromatic heterocycles. The van der Waals surface area contributed by atoms with Crippen molar-refractivity contribution in [3.05, 3.63) is 30.0 Å². The topological polar surface area (TPSA) is 34.9 Å². The Morgan fingerprint density at radius 1 is 1.39 bits per heavy atom. The summed E-state index contributed by atoms with van der Waals surface area (Å²) in [5.41, 5.74) is 2.17. The zero-order chi connectivity index (χ0) is 13.3. The van der Waals surface area contributed by atoms with Gasteiger partial charge in [-0.05, 0) is 35.3 Å². The van der Waals surface area contributed by atoms with Gasteiger partial charge in [-0.25, -0.2) is 0 Å². The molecule has 0 saturated carbocycles. The van der Waals surface area contributed by atoms with Crippen LogP contribution in [0.5, 0.6) is 0 Å². The zero-order valence-electron chi connectivity index (χ0n) is 11.2. The van der Waals surface area contributed by atoms with Crippen LogP contribution >= 0.6 is 0 Å². The highest BCUT2D eigenvalue weighted by Crippen LogP contribution is 2.22. The van der Waals surface area contributed by atoms with Crippen molar-refractivity contribution < 1.29 is 4.21 Å². The van der Waals surface area contributed by atoms with Gasteiger partial charge >= 0.3 is 0 Å². The van der Waals surface area contributed by atoms with Gasteiger partial charge in [-0.2, -0.15) is 5.10 Å². The van der Waals surface area contributed by atoms with Crippen molar-refractivity contribution in [2.45, 2.75) is 26.3 Å². The third-order valence-electron chi connectivity index (χ3n) is 2.95. The summed E-state index contributed by atoms with van der Waals surface area (Å²) in [7, 11) is -1.95. The standard InChI is InChI=1S/C14H20N2OS/c1-11(2)16-14-8-6-5-7-12(14)13(15-16)9-10-18(3,4)17/h5-8,11H,3,9-10H2,1-2,4H3. The highest BCUT2D eigenvalue weighted by atomic mass is 32.2. The number of nitrogens with zero attached hydrogens (tertiary/aromatic N) is 2. The summed E-state index contributed by atoms with van der Waals surface area (Å²) >= 11 is 0. The van der Waals surface area contributed by atoms with Gasteiger partial charge in [0.25, 0.3) is 0 Å². The average Bonchev–Trinajstić information content (AvgIpc) is 2.64. The smallest absolute Gasteiger partial charge is 0.0712 e. The van der Waals surface area contributed by atoms with Crippen molar-refractivity contribution in [2.24, 2.45) is 0 Å². The summed E-state index contributed by atoms with van der Waals surface area (Å²) in [6.07, 6.45) is 2.42. The Morgan fingerprint density at radius 2 is 2.06 bits per heavy atom. The molecule has 0 saturated heterocycles. The number of rotatable bonds is 4. The summed E-state index contributed by atoms with van der Waals surface area (Å²) < 4.78 is 13.7. The Bertz CT molecular complexity index is 653. The molecule has 4 heteroatoms. The van der Waals surface area contributed by atoms with Crippen molar-refractivity contribution in [3.8, 4) is 0 Å². The van der Waals surface area contributed by atoms with Crippen molar-refractivity contribution in [1.29, 1.82) is 0 Å². The van der Waals surface area contributed by atoms with Crippen LogP contribution in [0.2, 0.25) is 0 Å². The summed E-state index contributed by atoms with van der Waals surface area (Å²) in [6, 6.07) is 8.54. The van der Waals surface area contributed by atoms with E-state index in [9.17, 15) is 4.21 Å². The Morgan fingerprint density at radius 3 is 2.67 bits per heavy atom. The van der Waals surface area contributed by atoms with Crippen molar-refractivity contribution in [2.75, 3.05) is 12.0 Å². The summed E-state index contributed by atoms with van der Waals surface area (Å²) in [4.78, 5) is 0. The van der Waals surface area contributed by atoms with Crippen LogP contribution in [0.4, 0.5) is 0 Å². The first-order valence-electron chi connectivity index (χ1n) is 6.14. The van der Waals surface area contributed by atoms with Gasteiger partial charge in [-0.1, -0.05) is 18.2 Å². The number of hydrogen-bond donors (Lipinski definition) is 0. The molecule has 1 aromatic carbocycles. The Hall–Kier alpha value is -1.29. The van der Waals surface area contributed by atoms with Gasteiger partial charge in [-0.15, -0.1) is 0 Å². The highest BCUT2D eigenvalue weighted by molar-refractivity contribution is 7.99. The molecule has 2 rings (SSSR count). The molecule has 0 fully saturated rings. The molecule has 98 valence electrons. The molecular weight excluding hydrogens is 244 g/mol. The van der Waals surface area contributed by atoms with E-state index >= 15 is 0 Å². The molecular formula is C14H20N2OS. The lowest BCUT2D eigenvalue weighted by Crippen LogP contribution is -2.07. The van der Waals surface area contributed by atoms with E-state index in [0.29, 0.717) is 11.8 Å². The van der Waals surface area contributed by atoms with E-state index in [1.165, 1.54) is 0 Å². The van der Waals surface area contributed by atoms with E-state index in [1.807, 2.05) is 16.8 Å². The van der Waals surface area contributed by atoms with Crippen molar-refractivity contribution in [1.82, 2.24) is 9.78 Å². The minimum Gasteiger partial charge on any atom is -0.268 e. The van der Waals surface area contributed by atoms with Gasteiger partial charge in [0.15, 0.2) is 0 Å². The fourth-order valence-electron chi connectivity index (χ4n) is 2.05. The lowest BCUT2D eigenvalue weighted by Gasteiger charge is -2.06. The first-order valence-corrected chi connectivity index (χ1v) is 8.45. The number of benzene rings is 1. The van der Waals surface area contributed by atoms with E-state index in [4.69, 9.17) is 0 Å². The van der Waals surface area contributed by atoms with E-state index in [-0.39, 0.29) is 0 Å². The third kappa shape index (κ3) is 2.75. The number of fused-ring (bicyclic) bond motifs is 1. The van der Waals surface area contributed by atoms with Gasteiger partial charge in [0, 0.05) is 29.9 Å². The first-order chi connectivity index (χ1) is 8.38. The molecule has 18 heavy (non-hydrogen) atoms. The van der Waals surface area contributed by atoms with Gasteiger partial charge < -0.3 is 0 Å². The van der Waals surface area contributed by atoms with Crippen LogP contribution in [-0.4, -0.2) is 31.9 Å². The van der Waals surface area contributed by atoms with Crippen molar-refractivity contribution in [3.63, 3.8) is 0 Å². The fraction of sp³-hybridized carbons (Fsp3) is 0.429. The van der Waals surface area contributed by atoms with Gasteiger partial charge in [0.2, 0.25) is 0 Å². The molecule has 1 atom stereocenters. The maximum absolute atomic E-state index is 11.7. The summed E-state index contributed by atoms with van der Waals surface area (Å²) in [5.74, 6) is 4.29. The molecule has 0 aliphatic carbocycles. The quantitative estimate of drug-likeness (QED) is 0.795. The molecule has 0 radical (unpaired) electrons. The number of hydrogen-bond acceptors (Lipinski definition) is 2. The van der Waals surface area contributed by atoms with E-state index in [2.05, 4.69) is 36.9 Å². The van der Waals surface area contributed by atoms with Crippen LogP contribution in [0, 0.1) is 0 Å². The second-order valence-electron chi connectivity index (χ2n) is 5.14. The third-order valence-corrected chi connectivity index (χ3v) is 4.02. The Kier molecular flexibility index (Phi) is 3.48. The molecule has 3 nitrogen and oxygen atoms in total. The molecule has 1 unspecified atom stereocenters. The SMILES string of the molecule is C=S(C)(=O)CCc1nn(C(C)C)c2ccccc12. The Labute approximate surface area is 109 Å².